The molecule has 0 N–H and O–H groups in total. The lowest BCUT2D eigenvalue weighted by atomic mass is 10.3. The summed E-state index contributed by atoms with van der Waals surface area (Å²) in [5.41, 5.74) is -3.36. The molecule has 134 valence electrons. The van der Waals surface area contributed by atoms with E-state index in [1.807, 2.05) is 0 Å². The molecule has 1 aliphatic heterocycles. The van der Waals surface area contributed by atoms with Crippen molar-refractivity contribution in [2.75, 3.05) is 26.4 Å². The van der Waals surface area contributed by atoms with Crippen molar-refractivity contribution in [2.24, 2.45) is 0 Å². The van der Waals surface area contributed by atoms with E-state index in [9.17, 15) is 18.7 Å². The third-order valence-corrected chi connectivity index (χ3v) is 7.99. The van der Waals surface area contributed by atoms with Crippen LogP contribution in [0.1, 0.15) is 27.7 Å². The normalized spacial score (nSPS) is 22.4. The van der Waals surface area contributed by atoms with Crippen LogP contribution in [-0.4, -0.2) is 49.7 Å². The van der Waals surface area contributed by atoms with Crippen LogP contribution in [0.25, 0.3) is 0 Å². The molecule has 0 saturated carbocycles. The fourth-order valence-electron chi connectivity index (χ4n) is 2.20. The highest BCUT2D eigenvalue weighted by Gasteiger charge is 2.64. The predicted molar refractivity (Wildman–Crippen MR) is 80.4 cm³/mol. The van der Waals surface area contributed by atoms with Gasteiger partial charge in [-0.3, -0.25) is 18.7 Å². The molecule has 0 amide bonds. The molecule has 0 aromatic rings. The first-order chi connectivity index (χ1) is 10.8. The fraction of sp³-hybridized carbons (Fsp3) is 0.833. The maximum Gasteiger partial charge on any atom is 0.346 e. The number of ether oxygens (including phenoxy) is 1. The monoisotopic (exact) mass is 372 g/mol. The van der Waals surface area contributed by atoms with Crippen molar-refractivity contribution in [3.63, 3.8) is 0 Å². The minimum absolute atomic E-state index is 0.0322. The number of carbonyl (C=O) groups is 2. The first-order valence-electron chi connectivity index (χ1n) is 7.32. The lowest BCUT2D eigenvalue weighted by Gasteiger charge is -2.27. The quantitative estimate of drug-likeness (QED) is 0.324. The van der Waals surface area contributed by atoms with Crippen LogP contribution in [-0.2, 0) is 41.6 Å². The first-order valence-corrected chi connectivity index (χ1v) is 10.5. The van der Waals surface area contributed by atoms with E-state index in [1.165, 1.54) is 0 Å². The zero-order chi connectivity index (χ0) is 17.7. The minimum Gasteiger partial charge on any atom is -0.392 e. The molecule has 0 radical (unpaired) electrons. The van der Waals surface area contributed by atoms with Crippen LogP contribution in [0.5, 0.6) is 0 Å². The summed E-state index contributed by atoms with van der Waals surface area (Å²) >= 11 is 0. The molecule has 2 atom stereocenters. The molecule has 11 heteroatoms. The van der Waals surface area contributed by atoms with Crippen molar-refractivity contribution in [3.8, 4) is 0 Å². The summed E-state index contributed by atoms with van der Waals surface area (Å²) in [6, 6.07) is 0. The number of esters is 2. The first kappa shape index (κ1) is 20.5. The maximum atomic E-state index is 12.9. The Morgan fingerprint density at radius 3 is 1.22 bits per heavy atom. The van der Waals surface area contributed by atoms with Gasteiger partial charge in [-0.25, -0.2) is 0 Å². The number of hydrogen-bond donors (Lipinski definition) is 0. The maximum absolute atomic E-state index is 12.9. The third-order valence-electron chi connectivity index (χ3n) is 2.90. The Morgan fingerprint density at radius 2 is 1.00 bits per heavy atom. The summed E-state index contributed by atoms with van der Waals surface area (Å²) in [7, 11) is -8.18. The van der Waals surface area contributed by atoms with Gasteiger partial charge in [0.15, 0.2) is 11.3 Å². The molecule has 1 fully saturated rings. The molecule has 9 nitrogen and oxygen atoms in total. The van der Waals surface area contributed by atoms with Crippen molar-refractivity contribution < 1.29 is 41.6 Å². The fourth-order valence-corrected chi connectivity index (χ4v) is 6.97. The average molecular weight is 372 g/mol. The van der Waals surface area contributed by atoms with Gasteiger partial charge in [0.05, 0.1) is 26.4 Å². The molecule has 0 aromatic carbocycles. The van der Waals surface area contributed by atoms with Gasteiger partial charge >= 0.3 is 27.1 Å². The minimum atomic E-state index is -4.09. The van der Waals surface area contributed by atoms with Gasteiger partial charge in [0.2, 0.25) is 0 Å². The second-order valence-corrected chi connectivity index (χ2v) is 8.69. The topological polar surface area (TPSA) is 114 Å². The largest absolute Gasteiger partial charge is 0.392 e. The van der Waals surface area contributed by atoms with E-state index < -0.39 is 38.4 Å². The van der Waals surface area contributed by atoms with Gasteiger partial charge in [0, 0.05) is 0 Å². The zero-order valence-corrected chi connectivity index (χ0v) is 15.3. The Labute approximate surface area is 135 Å². The van der Waals surface area contributed by atoms with E-state index in [2.05, 4.69) is 4.74 Å². The van der Waals surface area contributed by atoms with Gasteiger partial charge in [-0.1, -0.05) is 0 Å². The van der Waals surface area contributed by atoms with Crippen LogP contribution in [0.15, 0.2) is 0 Å². The van der Waals surface area contributed by atoms with Crippen LogP contribution in [0.2, 0.25) is 0 Å². The summed E-state index contributed by atoms with van der Waals surface area (Å²) in [6.07, 6.45) is 0. The molecule has 1 aliphatic rings. The second-order valence-electron chi connectivity index (χ2n) is 4.38. The van der Waals surface area contributed by atoms with Gasteiger partial charge in [-0.15, -0.1) is 0 Å². The van der Waals surface area contributed by atoms with E-state index in [4.69, 9.17) is 18.1 Å². The number of hydrogen-bond acceptors (Lipinski definition) is 9. The van der Waals surface area contributed by atoms with Crippen LogP contribution in [0.4, 0.5) is 0 Å². The second kappa shape index (κ2) is 8.51. The summed E-state index contributed by atoms with van der Waals surface area (Å²) in [5.74, 6) is -2.24. The van der Waals surface area contributed by atoms with E-state index in [1.54, 1.807) is 27.7 Å². The van der Waals surface area contributed by atoms with Gasteiger partial charge in [0.25, 0.3) is 0 Å². The van der Waals surface area contributed by atoms with Crippen LogP contribution in [0, 0.1) is 0 Å². The number of rotatable bonds is 10. The Hall–Kier alpha value is -0.560. The highest BCUT2D eigenvalue weighted by molar-refractivity contribution is 7.61. The van der Waals surface area contributed by atoms with E-state index in [-0.39, 0.29) is 26.4 Å². The van der Waals surface area contributed by atoms with Gasteiger partial charge in [0.1, 0.15) is 0 Å². The van der Waals surface area contributed by atoms with Crippen molar-refractivity contribution in [2.45, 2.75) is 39.0 Å². The summed E-state index contributed by atoms with van der Waals surface area (Å²) in [6.45, 7) is 6.07. The molecule has 0 aromatic heterocycles. The molecule has 23 heavy (non-hydrogen) atoms. The van der Waals surface area contributed by atoms with Crippen molar-refractivity contribution in [1.29, 1.82) is 0 Å². The molecule has 0 spiro atoms. The summed E-state index contributed by atoms with van der Waals surface area (Å²) in [4.78, 5) is 24.1. The Balaban J connectivity index is 3.35. The summed E-state index contributed by atoms with van der Waals surface area (Å²) in [5, 5.41) is 0. The van der Waals surface area contributed by atoms with Crippen LogP contribution >= 0.6 is 15.2 Å². The Kier molecular flexibility index (Phi) is 7.58. The smallest absolute Gasteiger partial charge is 0.346 e. The van der Waals surface area contributed by atoms with Gasteiger partial charge in [-0.05, 0) is 27.7 Å². The summed E-state index contributed by atoms with van der Waals surface area (Å²) < 4.78 is 50.7. The molecule has 1 saturated heterocycles. The third kappa shape index (κ3) is 4.29. The van der Waals surface area contributed by atoms with E-state index >= 15 is 0 Å². The van der Waals surface area contributed by atoms with Gasteiger partial charge < -0.3 is 22.8 Å². The molecular formula is C12H22O9P2. The molecular weight excluding hydrogens is 350 g/mol. The van der Waals surface area contributed by atoms with Crippen molar-refractivity contribution in [3.05, 3.63) is 0 Å². The molecule has 0 unspecified atom stereocenters. The lowest BCUT2D eigenvalue weighted by molar-refractivity contribution is -0.151. The van der Waals surface area contributed by atoms with E-state index in [0.717, 1.165) is 0 Å². The van der Waals surface area contributed by atoms with E-state index in [0.29, 0.717) is 0 Å². The molecule has 0 aliphatic carbocycles. The molecule has 1 rings (SSSR count). The Bertz CT molecular complexity index is 467. The van der Waals surface area contributed by atoms with Gasteiger partial charge in [-0.2, -0.15) is 0 Å². The Morgan fingerprint density at radius 1 is 0.739 bits per heavy atom. The van der Waals surface area contributed by atoms with Crippen LogP contribution < -0.4 is 0 Å². The highest BCUT2D eigenvalue weighted by atomic mass is 31.2. The standard InChI is InChI=1S/C12H22O9P2/c1-5-17-22(15,18-6-2)9-10(12(14)21-11(9)13)23(16,19-7-3)20-8-4/h9-10H,5-8H2,1-4H3/t9-,10+. The van der Waals surface area contributed by atoms with Crippen molar-refractivity contribution >= 4 is 27.1 Å². The predicted octanol–water partition coefficient (Wildman–Crippen LogP) is 2.34. The highest BCUT2D eigenvalue weighted by Crippen LogP contribution is 2.66. The molecule has 1 heterocycles. The number of cyclic esters (lactones) is 2. The average Bonchev–Trinajstić information content (AvgIpc) is 2.75. The molecule has 0 bridgehead atoms. The SMILES string of the molecule is CCOP(=O)(OCC)[C@@H]1C(=O)OC(=O)[C@@H]1P(=O)(OCC)OCC. The zero-order valence-electron chi connectivity index (χ0n) is 13.6. The van der Waals surface area contributed by atoms with Crippen LogP contribution in [0.3, 0.4) is 0 Å². The lowest BCUT2D eigenvalue weighted by Crippen LogP contribution is -2.32. The number of carbonyl (C=O) groups excluding carboxylic acids is 2. The van der Waals surface area contributed by atoms with Crippen molar-refractivity contribution in [1.82, 2.24) is 0 Å².